The van der Waals surface area contributed by atoms with Gasteiger partial charge in [0.25, 0.3) is 0 Å². The number of benzene rings is 1. The SMILES string of the molecule is OC(c1ccccc1Cl)C1CCCCS1. The summed E-state index contributed by atoms with van der Waals surface area (Å²) in [4.78, 5) is 0. The van der Waals surface area contributed by atoms with Gasteiger partial charge in [0.1, 0.15) is 0 Å². The number of thioether (sulfide) groups is 1. The van der Waals surface area contributed by atoms with Crippen LogP contribution >= 0.6 is 23.4 Å². The summed E-state index contributed by atoms with van der Waals surface area (Å²) >= 11 is 7.94. The van der Waals surface area contributed by atoms with Gasteiger partial charge in [-0.25, -0.2) is 0 Å². The van der Waals surface area contributed by atoms with E-state index in [2.05, 4.69) is 0 Å². The maximum atomic E-state index is 10.2. The van der Waals surface area contributed by atoms with Gasteiger partial charge in [-0.15, -0.1) is 0 Å². The van der Waals surface area contributed by atoms with Gasteiger partial charge in [-0.2, -0.15) is 11.8 Å². The van der Waals surface area contributed by atoms with Crippen molar-refractivity contribution >= 4 is 23.4 Å². The first kappa shape index (κ1) is 11.3. The Morgan fingerprint density at radius 1 is 1.33 bits per heavy atom. The molecule has 1 aliphatic heterocycles. The molecule has 2 rings (SSSR count). The number of aliphatic hydroxyl groups excluding tert-OH is 1. The highest BCUT2D eigenvalue weighted by molar-refractivity contribution is 7.99. The van der Waals surface area contributed by atoms with Crippen LogP contribution in [0.4, 0.5) is 0 Å². The van der Waals surface area contributed by atoms with Crippen molar-refractivity contribution in [2.75, 3.05) is 5.75 Å². The largest absolute Gasteiger partial charge is 0.387 e. The second-order valence-corrected chi connectivity index (χ2v) is 5.63. The van der Waals surface area contributed by atoms with E-state index >= 15 is 0 Å². The Balaban J connectivity index is 2.12. The lowest BCUT2D eigenvalue weighted by molar-refractivity contribution is 0.169. The van der Waals surface area contributed by atoms with Crippen molar-refractivity contribution in [2.45, 2.75) is 30.6 Å². The van der Waals surface area contributed by atoms with E-state index in [1.54, 1.807) is 0 Å². The molecule has 2 unspecified atom stereocenters. The molecule has 1 aliphatic rings. The minimum atomic E-state index is -0.413. The van der Waals surface area contributed by atoms with E-state index in [-0.39, 0.29) is 0 Å². The highest BCUT2D eigenvalue weighted by Crippen LogP contribution is 2.36. The Hall–Kier alpha value is -0.180. The zero-order valence-electron chi connectivity index (χ0n) is 8.53. The van der Waals surface area contributed by atoms with Gasteiger partial charge in [0.05, 0.1) is 6.10 Å². The molecular weight excluding hydrogens is 228 g/mol. The van der Waals surface area contributed by atoms with Gasteiger partial charge in [0, 0.05) is 15.8 Å². The van der Waals surface area contributed by atoms with Gasteiger partial charge < -0.3 is 5.11 Å². The first-order valence-corrected chi connectivity index (χ1v) is 6.76. The van der Waals surface area contributed by atoms with Crippen LogP contribution in [0.1, 0.15) is 30.9 Å². The normalized spacial score (nSPS) is 23.7. The highest BCUT2D eigenvalue weighted by Gasteiger charge is 2.24. The molecule has 2 atom stereocenters. The summed E-state index contributed by atoms with van der Waals surface area (Å²) in [6, 6.07) is 7.58. The standard InChI is InChI=1S/C12H15ClOS/c13-10-6-2-1-5-9(10)12(14)11-7-3-4-8-15-11/h1-2,5-6,11-12,14H,3-4,7-8H2. The van der Waals surface area contributed by atoms with Crippen molar-refractivity contribution in [1.82, 2.24) is 0 Å². The molecule has 15 heavy (non-hydrogen) atoms. The highest BCUT2D eigenvalue weighted by atomic mass is 35.5. The second-order valence-electron chi connectivity index (χ2n) is 3.87. The molecule has 0 aliphatic carbocycles. The van der Waals surface area contributed by atoms with Crippen LogP contribution in [-0.4, -0.2) is 16.1 Å². The predicted molar refractivity (Wildman–Crippen MR) is 66.5 cm³/mol. The average Bonchev–Trinajstić information content (AvgIpc) is 2.30. The first-order valence-electron chi connectivity index (χ1n) is 5.33. The van der Waals surface area contributed by atoms with Gasteiger partial charge in [-0.1, -0.05) is 36.2 Å². The molecule has 0 bridgehead atoms. The van der Waals surface area contributed by atoms with E-state index in [4.69, 9.17) is 11.6 Å². The number of hydrogen-bond acceptors (Lipinski definition) is 2. The van der Waals surface area contributed by atoms with E-state index in [0.29, 0.717) is 10.3 Å². The fourth-order valence-electron chi connectivity index (χ4n) is 1.93. The molecule has 1 N–H and O–H groups in total. The minimum Gasteiger partial charge on any atom is -0.387 e. The van der Waals surface area contributed by atoms with Crippen LogP contribution in [0.25, 0.3) is 0 Å². The number of halogens is 1. The summed E-state index contributed by atoms with van der Waals surface area (Å²) in [7, 11) is 0. The molecule has 0 spiro atoms. The number of rotatable bonds is 2. The summed E-state index contributed by atoms with van der Waals surface area (Å²) < 4.78 is 0. The van der Waals surface area contributed by atoms with Crippen LogP contribution in [0.2, 0.25) is 5.02 Å². The van der Waals surface area contributed by atoms with E-state index in [1.807, 2.05) is 36.0 Å². The van der Waals surface area contributed by atoms with Crippen LogP contribution in [0.15, 0.2) is 24.3 Å². The van der Waals surface area contributed by atoms with Crippen LogP contribution in [0.5, 0.6) is 0 Å². The summed E-state index contributed by atoms with van der Waals surface area (Å²) in [5.41, 5.74) is 0.874. The van der Waals surface area contributed by atoms with Crippen molar-refractivity contribution in [3.8, 4) is 0 Å². The third-order valence-corrected chi connectivity index (χ3v) is 4.58. The zero-order chi connectivity index (χ0) is 10.7. The maximum Gasteiger partial charge on any atom is 0.0922 e. The van der Waals surface area contributed by atoms with Gasteiger partial charge in [-0.3, -0.25) is 0 Å². The van der Waals surface area contributed by atoms with Gasteiger partial charge in [0.15, 0.2) is 0 Å². The summed E-state index contributed by atoms with van der Waals surface area (Å²) in [5.74, 6) is 1.16. The lowest BCUT2D eigenvalue weighted by Gasteiger charge is -2.26. The Labute approximate surface area is 99.8 Å². The van der Waals surface area contributed by atoms with Gasteiger partial charge >= 0.3 is 0 Å². The summed E-state index contributed by atoms with van der Waals surface area (Å²) in [6.07, 6.45) is 3.18. The Morgan fingerprint density at radius 3 is 2.80 bits per heavy atom. The fourth-order valence-corrected chi connectivity index (χ4v) is 3.51. The molecule has 0 saturated carbocycles. The van der Waals surface area contributed by atoms with E-state index < -0.39 is 6.10 Å². The van der Waals surface area contributed by atoms with E-state index in [1.165, 1.54) is 12.8 Å². The molecule has 3 heteroatoms. The first-order chi connectivity index (χ1) is 7.29. The quantitative estimate of drug-likeness (QED) is 0.854. The fraction of sp³-hybridized carbons (Fsp3) is 0.500. The third-order valence-electron chi connectivity index (χ3n) is 2.79. The lowest BCUT2D eigenvalue weighted by atomic mass is 10.0. The van der Waals surface area contributed by atoms with Crippen molar-refractivity contribution in [3.05, 3.63) is 34.9 Å². The smallest absolute Gasteiger partial charge is 0.0922 e. The molecule has 1 nitrogen and oxygen atoms in total. The van der Waals surface area contributed by atoms with Crippen LogP contribution in [0, 0.1) is 0 Å². The molecule has 1 heterocycles. The molecule has 0 radical (unpaired) electrons. The Kier molecular flexibility index (Phi) is 3.95. The molecular formula is C12H15ClOS. The van der Waals surface area contributed by atoms with Crippen LogP contribution < -0.4 is 0 Å². The third kappa shape index (κ3) is 2.68. The van der Waals surface area contributed by atoms with E-state index in [0.717, 1.165) is 17.7 Å². The average molecular weight is 243 g/mol. The Bertz CT molecular complexity index is 323. The monoisotopic (exact) mass is 242 g/mol. The Morgan fingerprint density at radius 2 is 2.13 bits per heavy atom. The van der Waals surface area contributed by atoms with Crippen molar-refractivity contribution in [2.24, 2.45) is 0 Å². The van der Waals surface area contributed by atoms with Gasteiger partial charge in [0.2, 0.25) is 0 Å². The van der Waals surface area contributed by atoms with Crippen molar-refractivity contribution < 1.29 is 5.11 Å². The van der Waals surface area contributed by atoms with Crippen LogP contribution in [0.3, 0.4) is 0 Å². The van der Waals surface area contributed by atoms with Crippen molar-refractivity contribution in [3.63, 3.8) is 0 Å². The molecule has 0 aromatic heterocycles. The molecule has 1 aromatic rings. The zero-order valence-corrected chi connectivity index (χ0v) is 10.1. The topological polar surface area (TPSA) is 20.2 Å². The van der Waals surface area contributed by atoms with Crippen LogP contribution in [-0.2, 0) is 0 Å². The maximum absolute atomic E-state index is 10.2. The van der Waals surface area contributed by atoms with Gasteiger partial charge in [-0.05, 0) is 24.7 Å². The number of hydrogen-bond donors (Lipinski definition) is 1. The molecule has 1 saturated heterocycles. The molecule has 1 aromatic carbocycles. The summed E-state index contributed by atoms with van der Waals surface area (Å²) in [5, 5.41) is 11.2. The lowest BCUT2D eigenvalue weighted by Crippen LogP contribution is -2.19. The minimum absolute atomic E-state index is 0.318. The summed E-state index contributed by atoms with van der Waals surface area (Å²) in [6.45, 7) is 0. The van der Waals surface area contributed by atoms with Crippen molar-refractivity contribution in [1.29, 1.82) is 0 Å². The second kappa shape index (κ2) is 5.24. The molecule has 82 valence electrons. The predicted octanol–water partition coefficient (Wildman–Crippen LogP) is 3.66. The number of aliphatic hydroxyl groups is 1. The molecule has 0 amide bonds. The van der Waals surface area contributed by atoms with E-state index in [9.17, 15) is 5.11 Å². The molecule has 1 fully saturated rings.